The van der Waals surface area contributed by atoms with E-state index < -0.39 is 0 Å². The van der Waals surface area contributed by atoms with Crippen LogP contribution in [0, 0.1) is 11.3 Å². The summed E-state index contributed by atoms with van der Waals surface area (Å²) in [6.45, 7) is 1.95. The van der Waals surface area contributed by atoms with E-state index in [0.29, 0.717) is 35.9 Å². The maximum Gasteiger partial charge on any atom is 0.226 e. The molecule has 19 heavy (non-hydrogen) atoms. The first-order chi connectivity index (χ1) is 9.19. The summed E-state index contributed by atoms with van der Waals surface area (Å²) in [4.78, 5) is 11.9. The number of halogens is 1. The SMILES string of the molecule is N#Cc1ccc(Cl)c(NC(=O)CC2COCCN2)c1. The van der Waals surface area contributed by atoms with Gasteiger partial charge in [-0.15, -0.1) is 0 Å². The standard InChI is InChI=1S/C13H14ClN3O2/c14-11-2-1-9(7-15)5-12(11)17-13(18)6-10-8-19-4-3-16-10/h1-2,5,10,16H,3-4,6,8H2,(H,17,18). The van der Waals surface area contributed by atoms with Gasteiger partial charge in [0, 0.05) is 19.0 Å². The number of nitrogens with one attached hydrogen (secondary N) is 2. The Morgan fingerprint density at radius 2 is 2.47 bits per heavy atom. The first-order valence-corrected chi connectivity index (χ1v) is 6.37. The molecule has 1 aromatic rings. The minimum atomic E-state index is -0.153. The molecule has 0 saturated carbocycles. The van der Waals surface area contributed by atoms with E-state index in [1.165, 1.54) is 0 Å². The van der Waals surface area contributed by atoms with Crippen molar-refractivity contribution in [2.45, 2.75) is 12.5 Å². The summed E-state index contributed by atoms with van der Waals surface area (Å²) in [5, 5.41) is 15.1. The molecule has 1 heterocycles. The van der Waals surface area contributed by atoms with Crippen molar-refractivity contribution in [3.05, 3.63) is 28.8 Å². The molecule has 6 heteroatoms. The molecule has 100 valence electrons. The van der Waals surface area contributed by atoms with Crippen molar-refractivity contribution in [1.29, 1.82) is 5.26 Å². The fourth-order valence-electron chi connectivity index (χ4n) is 1.87. The smallest absolute Gasteiger partial charge is 0.226 e. The molecule has 0 radical (unpaired) electrons. The molecular formula is C13H14ClN3O2. The van der Waals surface area contributed by atoms with Gasteiger partial charge in [0.1, 0.15) is 0 Å². The van der Waals surface area contributed by atoms with Crippen LogP contribution in [0.3, 0.4) is 0 Å². The van der Waals surface area contributed by atoms with Crippen LogP contribution in [0.5, 0.6) is 0 Å². The molecule has 1 aliphatic heterocycles. The number of morpholine rings is 1. The van der Waals surface area contributed by atoms with Gasteiger partial charge in [-0.3, -0.25) is 4.79 Å². The maximum absolute atomic E-state index is 11.9. The quantitative estimate of drug-likeness (QED) is 0.880. The first kappa shape index (κ1) is 13.8. The van der Waals surface area contributed by atoms with Crippen LogP contribution >= 0.6 is 11.6 Å². The number of rotatable bonds is 3. The summed E-state index contributed by atoms with van der Waals surface area (Å²) in [6, 6.07) is 6.79. The second kappa shape index (κ2) is 6.53. The minimum absolute atomic E-state index is 0.0201. The van der Waals surface area contributed by atoms with Crippen molar-refractivity contribution in [1.82, 2.24) is 5.32 Å². The highest BCUT2D eigenvalue weighted by Crippen LogP contribution is 2.23. The number of hydrogen-bond donors (Lipinski definition) is 2. The van der Waals surface area contributed by atoms with E-state index >= 15 is 0 Å². The molecule has 1 unspecified atom stereocenters. The van der Waals surface area contributed by atoms with Gasteiger partial charge < -0.3 is 15.4 Å². The monoisotopic (exact) mass is 279 g/mol. The lowest BCUT2D eigenvalue weighted by atomic mass is 10.1. The molecule has 1 fully saturated rings. The normalized spacial score (nSPS) is 18.6. The molecule has 2 N–H and O–H groups in total. The zero-order chi connectivity index (χ0) is 13.7. The van der Waals surface area contributed by atoms with Crippen LogP contribution in [-0.4, -0.2) is 31.7 Å². The molecule has 0 aromatic heterocycles. The third-order valence-electron chi connectivity index (χ3n) is 2.80. The summed E-state index contributed by atoms with van der Waals surface area (Å²) >= 11 is 5.98. The van der Waals surface area contributed by atoms with Gasteiger partial charge in [-0.2, -0.15) is 5.26 Å². The molecule has 0 bridgehead atoms. The van der Waals surface area contributed by atoms with Crippen LogP contribution in [0.25, 0.3) is 0 Å². The van der Waals surface area contributed by atoms with Crippen LogP contribution in [0.4, 0.5) is 5.69 Å². The predicted molar refractivity (Wildman–Crippen MR) is 72.0 cm³/mol. The van der Waals surface area contributed by atoms with Gasteiger partial charge in [0.15, 0.2) is 0 Å². The van der Waals surface area contributed by atoms with Gasteiger partial charge in [0.2, 0.25) is 5.91 Å². The minimum Gasteiger partial charge on any atom is -0.378 e. The van der Waals surface area contributed by atoms with E-state index in [9.17, 15) is 4.79 Å². The van der Waals surface area contributed by atoms with Crippen molar-refractivity contribution >= 4 is 23.2 Å². The van der Waals surface area contributed by atoms with Gasteiger partial charge in [-0.1, -0.05) is 11.6 Å². The van der Waals surface area contributed by atoms with Gasteiger partial charge >= 0.3 is 0 Å². The summed E-state index contributed by atoms with van der Waals surface area (Å²) < 4.78 is 5.28. The van der Waals surface area contributed by atoms with Crippen LogP contribution < -0.4 is 10.6 Å². The summed E-state index contributed by atoms with van der Waals surface area (Å²) in [7, 11) is 0. The third kappa shape index (κ3) is 3.93. The maximum atomic E-state index is 11.9. The highest BCUT2D eigenvalue weighted by Gasteiger charge is 2.17. The van der Waals surface area contributed by atoms with E-state index in [0.717, 1.165) is 6.54 Å². The van der Waals surface area contributed by atoms with Gasteiger partial charge in [-0.05, 0) is 18.2 Å². The van der Waals surface area contributed by atoms with Crippen molar-refractivity contribution in [3.8, 4) is 6.07 Å². The molecule has 0 spiro atoms. The van der Waals surface area contributed by atoms with Crippen LogP contribution in [0.1, 0.15) is 12.0 Å². The highest BCUT2D eigenvalue weighted by molar-refractivity contribution is 6.33. The lowest BCUT2D eigenvalue weighted by Crippen LogP contribution is -2.43. The number of amides is 1. The molecule has 0 aliphatic carbocycles. The Bertz CT molecular complexity index is 507. The molecule has 1 saturated heterocycles. The van der Waals surface area contributed by atoms with Crippen molar-refractivity contribution in [3.63, 3.8) is 0 Å². The van der Waals surface area contributed by atoms with Crippen LogP contribution in [-0.2, 0) is 9.53 Å². The van der Waals surface area contributed by atoms with E-state index in [2.05, 4.69) is 10.6 Å². The number of hydrogen-bond acceptors (Lipinski definition) is 4. The van der Waals surface area contributed by atoms with E-state index in [1.807, 2.05) is 6.07 Å². The van der Waals surface area contributed by atoms with Crippen molar-refractivity contribution in [2.24, 2.45) is 0 Å². The molecule has 2 rings (SSSR count). The number of carbonyl (C=O) groups is 1. The fourth-order valence-corrected chi connectivity index (χ4v) is 2.03. The molecular weight excluding hydrogens is 266 g/mol. The van der Waals surface area contributed by atoms with Crippen molar-refractivity contribution in [2.75, 3.05) is 25.1 Å². The number of ether oxygens (including phenoxy) is 1. The molecule has 5 nitrogen and oxygen atoms in total. The average Bonchev–Trinajstić information content (AvgIpc) is 2.42. The number of carbonyl (C=O) groups excluding carboxylic acids is 1. The Morgan fingerprint density at radius 3 is 3.16 bits per heavy atom. The fraction of sp³-hybridized carbons (Fsp3) is 0.385. The van der Waals surface area contributed by atoms with E-state index in [4.69, 9.17) is 21.6 Å². The molecule has 1 aromatic carbocycles. The molecule has 1 amide bonds. The second-order valence-electron chi connectivity index (χ2n) is 4.28. The van der Waals surface area contributed by atoms with Crippen LogP contribution in [0.15, 0.2) is 18.2 Å². The topological polar surface area (TPSA) is 74.2 Å². The highest BCUT2D eigenvalue weighted by atomic mass is 35.5. The Morgan fingerprint density at radius 1 is 1.63 bits per heavy atom. The number of nitriles is 1. The second-order valence-corrected chi connectivity index (χ2v) is 4.69. The number of anilines is 1. The summed E-state index contributed by atoms with van der Waals surface area (Å²) in [5.41, 5.74) is 0.918. The molecule has 1 aliphatic rings. The lowest BCUT2D eigenvalue weighted by molar-refractivity contribution is -0.117. The van der Waals surface area contributed by atoms with Crippen molar-refractivity contribution < 1.29 is 9.53 Å². The zero-order valence-corrected chi connectivity index (χ0v) is 11.0. The van der Waals surface area contributed by atoms with E-state index in [1.54, 1.807) is 18.2 Å². The lowest BCUT2D eigenvalue weighted by Gasteiger charge is -2.23. The summed E-state index contributed by atoms with van der Waals surface area (Å²) in [5.74, 6) is -0.153. The van der Waals surface area contributed by atoms with Gasteiger partial charge in [-0.25, -0.2) is 0 Å². The van der Waals surface area contributed by atoms with Gasteiger partial charge in [0.05, 0.1) is 35.6 Å². The molecule has 1 atom stereocenters. The van der Waals surface area contributed by atoms with Gasteiger partial charge in [0.25, 0.3) is 0 Å². The zero-order valence-electron chi connectivity index (χ0n) is 10.3. The largest absolute Gasteiger partial charge is 0.378 e. The Kier molecular flexibility index (Phi) is 4.74. The Labute approximate surface area is 116 Å². The average molecular weight is 280 g/mol. The van der Waals surface area contributed by atoms with Crippen LogP contribution in [0.2, 0.25) is 5.02 Å². The first-order valence-electron chi connectivity index (χ1n) is 5.99. The Hall–Kier alpha value is -1.61. The third-order valence-corrected chi connectivity index (χ3v) is 3.13. The predicted octanol–water partition coefficient (Wildman–Crippen LogP) is 1.53. The van der Waals surface area contributed by atoms with E-state index in [-0.39, 0.29) is 11.9 Å². The Balaban J connectivity index is 1.96. The summed E-state index contributed by atoms with van der Waals surface area (Å²) in [6.07, 6.45) is 0.313. The number of nitrogens with zero attached hydrogens (tertiary/aromatic N) is 1. The number of benzene rings is 1.